The number of pyridine rings is 1. The van der Waals surface area contributed by atoms with Crippen molar-refractivity contribution in [1.29, 1.82) is 0 Å². The molecule has 36 heavy (non-hydrogen) atoms. The molecule has 5 rings (SSSR count). The molecule has 0 saturated carbocycles. The minimum atomic E-state index is -0.290. The van der Waals surface area contributed by atoms with Crippen LogP contribution in [0.2, 0.25) is 5.02 Å². The molecule has 0 radical (unpaired) electrons. The number of rotatable bonds is 7. The lowest BCUT2D eigenvalue weighted by molar-refractivity contribution is 0.0958. The molecule has 4 heterocycles. The van der Waals surface area contributed by atoms with Crippen molar-refractivity contribution < 1.29 is 9.53 Å². The fraction of sp³-hybridized carbons (Fsp3) is 0.217. The molecule has 186 valence electrons. The van der Waals surface area contributed by atoms with Gasteiger partial charge in [0.2, 0.25) is 0 Å². The zero-order valence-electron chi connectivity index (χ0n) is 19.7. The van der Waals surface area contributed by atoms with E-state index in [9.17, 15) is 4.79 Å². The maximum absolute atomic E-state index is 12.0. The first-order valence-corrected chi connectivity index (χ1v) is 11.3. The first-order chi connectivity index (χ1) is 17.0. The molecule has 5 aromatic rings. The number of methoxy groups -OCH3 is 1. The van der Waals surface area contributed by atoms with Gasteiger partial charge in [0, 0.05) is 43.3 Å². The lowest BCUT2D eigenvalue weighted by Gasteiger charge is -2.13. The van der Waals surface area contributed by atoms with Crippen LogP contribution in [0.15, 0.2) is 43.1 Å². The van der Waals surface area contributed by atoms with Gasteiger partial charge in [-0.2, -0.15) is 5.10 Å². The van der Waals surface area contributed by atoms with E-state index in [0.29, 0.717) is 35.5 Å². The van der Waals surface area contributed by atoms with Crippen LogP contribution >= 0.6 is 28.6 Å². The number of imidazole rings is 1. The normalized spacial score (nSPS) is 10.9. The van der Waals surface area contributed by atoms with E-state index in [0.717, 1.165) is 27.4 Å². The van der Waals surface area contributed by atoms with Crippen LogP contribution in [0, 0.1) is 0 Å². The minimum absolute atomic E-state index is 0. The number of halogens is 2. The average Bonchev–Trinajstić information content (AvgIpc) is 3.54. The van der Waals surface area contributed by atoms with Gasteiger partial charge in [0.15, 0.2) is 17.3 Å². The van der Waals surface area contributed by atoms with Crippen molar-refractivity contribution in [3.8, 4) is 11.6 Å². The molecule has 0 aliphatic rings. The fourth-order valence-electron chi connectivity index (χ4n) is 3.89. The maximum atomic E-state index is 12.0. The quantitative estimate of drug-likeness (QED) is 0.302. The van der Waals surface area contributed by atoms with E-state index in [4.69, 9.17) is 16.3 Å². The smallest absolute Gasteiger partial charge is 0.271 e. The number of nitrogens with zero attached hydrogens (tertiary/aromatic N) is 7. The average molecular weight is 573 g/mol. The number of anilines is 1. The van der Waals surface area contributed by atoms with Crippen molar-refractivity contribution >= 4 is 62.1 Å². The van der Waals surface area contributed by atoms with Crippen LogP contribution in [0.4, 0.5) is 5.82 Å². The summed E-state index contributed by atoms with van der Waals surface area (Å²) in [5.41, 5.74) is 1.97. The molecule has 1 aromatic carbocycles. The molecule has 0 atom stereocenters. The summed E-state index contributed by atoms with van der Waals surface area (Å²) in [5.74, 6) is 1.40. The molecule has 11 nitrogen and oxygen atoms in total. The Morgan fingerprint density at radius 2 is 2.00 bits per heavy atom. The van der Waals surface area contributed by atoms with Gasteiger partial charge in [-0.1, -0.05) is 17.7 Å². The standard InChI is InChI=1S/C23H22ClN9O2.BrH/c1-4-33-21-15(10-29-33)19-14(9-27-21)22(32-11-17(28-12-32)23(34)25-2)31-30-20(19)26-8-13-5-6-18(35-3)16(24)7-13;/h5-7,9-12H,4,8H2,1-3H3,(H,25,34)(H,26,30);1H. The van der Waals surface area contributed by atoms with Crippen molar-refractivity contribution in [3.05, 3.63) is 59.4 Å². The number of ether oxygens (including phenoxy) is 1. The number of amides is 1. The van der Waals surface area contributed by atoms with Crippen LogP contribution in [0.3, 0.4) is 0 Å². The summed E-state index contributed by atoms with van der Waals surface area (Å²) in [6, 6.07) is 5.60. The molecule has 0 aliphatic carbocycles. The summed E-state index contributed by atoms with van der Waals surface area (Å²) in [4.78, 5) is 20.8. The number of aromatic nitrogens is 7. The zero-order chi connectivity index (χ0) is 24.5. The Kier molecular flexibility index (Phi) is 7.36. The Balaban J connectivity index is 0.00000304. The van der Waals surface area contributed by atoms with Crippen molar-refractivity contribution in [2.75, 3.05) is 19.5 Å². The third-order valence-corrected chi connectivity index (χ3v) is 5.95. The molecule has 13 heteroatoms. The van der Waals surface area contributed by atoms with Crippen molar-refractivity contribution in [2.45, 2.75) is 20.0 Å². The zero-order valence-corrected chi connectivity index (χ0v) is 22.2. The number of hydrogen-bond donors (Lipinski definition) is 2. The van der Waals surface area contributed by atoms with Gasteiger partial charge in [0.05, 0.1) is 23.7 Å². The topological polar surface area (TPSA) is 125 Å². The number of benzene rings is 1. The monoisotopic (exact) mass is 571 g/mol. The number of nitrogens with one attached hydrogen (secondary N) is 2. The number of carbonyl (C=O) groups excluding carboxylic acids is 1. The van der Waals surface area contributed by atoms with Gasteiger partial charge >= 0.3 is 0 Å². The largest absolute Gasteiger partial charge is 0.495 e. The third-order valence-electron chi connectivity index (χ3n) is 5.65. The Morgan fingerprint density at radius 3 is 2.72 bits per heavy atom. The van der Waals surface area contributed by atoms with Gasteiger partial charge in [-0.25, -0.2) is 14.6 Å². The Bertz CT molecular complexity index is 1570. The molecule has 4 aromatic heterocycles. The van der Waals surface area contributed by atoms with Crippen LogP contribution in [0.25, 0.3) is 27.6 Å². The summed E-state index contributed by atoms with van der Waals surface area (Å²) in [6.07, 6.45) is 6.65. The summed E-state index contributed by atoms with van der Waals surface area (Å²) >= 11 is 6.29. The highest BCUT2D eigenvalue weighted by atomic mass is 79.9. The van der Waals surface area contributed by atoms with Gasteiger partial charge in [0.25, 0.3) is 5.91 Å². The molecule has 0 fully saturated rings. The summed E-state index contributed by atoms with van der Waals surface area (Å²) in [5, 5.41) is 22.2. The van der Waals surface area contributed by atoms with Crippen LogP contribution in [0.1, 0.15) is 23.0 Å². The summed E-state index contributed by atoms with van der Waals surface area (Å²) < 4.78 is 8.72. The highest BCUT2D eigenvalue weighted by Crippen LogP contribution is 2.32. The van der Waals surface area contributed by atoms with Gasteiger partial charge in [-0.15, -0.1) is 27.2 Å². The van der Waals surface area contributed by atoms with Crippen LogP contribution in [-0.4, -0.2) is 54.6 Å². The maximum Gasteiger partial charge on any atom is 0.271 e. The first-order valence-electron chi connectivity index (χ1n) is 10.9. The highest BCUT2D eigenvalue weighted by molar-refractivity contribution is 8.93. The summed E-state index contributed by atoms with van der Waals surface area (Å²) in [7, 11) is 3.13. The van der Waals surface area contributed by atoms with E-state index < -0.39 is 0 Å². The van der Waals surface area contributed by atoms with Gasteiger partial charge < -0.3 is 15.4 Å². The van der Waals surface area contributed by atoms with Crippen molar-refractivity contribution in [1.82, 2.24) is 39.8 Å². The molecular formula is C23H23BrClN9O2. The Labute approximate surface area is 221 Å². The third kappa shape index (κ3) is 4.44. The lowest BCUT2D eigenvalue weighted by atomic mass is 10.1. The highest BCUT2D eigenvalue weighted by Gasteiger charge is 2.18. The molecule has 0 spiro atoms. The minimum Gasteiger partial charge on any atom is -0.495 e. The Morgan fingerprint density at radius 1 is 1.17 bits per heavy atom. The van der Waals surface area contributed by atoms with Crippen LogP contribution < -0.4 is 15.4 Å². The van der Waals surface area contributed by atoms with Gasteiger partial charge in [-0.05, 0) is 24.6 Å². The van der Waals surface area contributed by atoms with E-state index in [1.165, 1.54) is 6.33 Å². The fourth-order valence-corrected chi connectivity index (χ4v) is 4.17. The second kappa shape index (κ2) is 10.5. The Hall–Kier alpha value is -3.77. The number of fused-ring (bicyclic) bond motifs is 3. The molecule has 0 aliphatic heterocycles. The van der Waals surface area contributed by atoms with E-state index in [2.05, 4.69) is 35.9 Å². The molecule has 2 N–H and O–H groups in total. The first kappa shape index (κ1) is 25.3. The SMILES string of the molecule is Br.CCn1ncc2c3c(NCc4ccc(OC)c(Cl)c4)nnc(-n4cnc(C(=O)NC)c4)c3cnc21. The van der Waals surface area contributed by atoms with Gasteiger partial charge in [0.1, 0.15) is 17.8 Å². The number of aryl methyl sites for hydroxylation is 1. The van der Waals surface area contributed by atoms with Crippen molar-refractivity contribution in [3.63, 3.8) is 0 Å². The molecule has 0 unspecified atom stereocenters. The van der Waals surface area contributed by atoms with Crippen molar-refractivity contribution in [2.24, 2.45) is 0 Å². The predicted octanol–water partition coefficient (Wildman–Crippen LogP) is 3.79. The van der Waals surface area contributed by atoms with E-state index in [1.807, 2.05) is 29.8 Å². The lowest BCUT2D eigenvalue weighted by Crippen LogP contribution is -2.18. The predicted molar refractivity (Wildman–Crippen MR) is 142 cm³/mol. The second-order valence-corrected chi connectivity index (χ2v) is 8.09. The molecule has 1 amide bonds. The van der Waals surface area contributed by atoms with E-state index in [-0.39, 0.29) is 28.6 Å². The summed E-state index contributed by atoms with van der Waals surface area (Å²) in [6.45, 7) is 3.15. The van der Waals surface area contributed by atoms with E-state index in [1.54, 1.807) is 37.3 Å². The van der Waals surface area contributed by atoms with Gasteiger partial charge in [-0.3, -0.25) is 9.36 Å². The number of hydrogen-bond acceptors (Lipinski definition) is 8. The van der Waals surface area contributed by atoms with Crippen LogP contribution in [-0.2, 0) is 13.1 Å². The molecule has 0 saturated heterocycles. The second-order valence-electron chi connectivity index (χ2n) is 7.68. The van der Waals surface area contributed by atoms with Crippen LogP contribution in [0.5, 0.6) is 5.75 Å². The van der Waals surface area contributed by atoms with E-state index >= 15 is 0 Å². The molecule has 0 bridgehead atoms. The molecular weight excluding hydrogens is 550 g/mol. The number of carbonyl (C=O) groups is 1.